The van der Waals surface area contributed by atoms with E-state index in [0.717, 1.165) is 72.2 Å². The van der Waals surface area contributed by atoms with Gasteiger partial charge in [0.25, 0.3) is 0 Å². The maximum absolute atomic E-state index is 5.47. The molecule has 5 nitrogen and oxygen atoms in total. The van der Waals surface area contributed by atoms with Crippen molar-refractivity contribution < 1.29 is 14.2 Å². The van der Waals surface area contributed by atoms with Crippen molar-refractivity contribution in [3.63, 3.8) is 0 Å². The first-order valence-electron chi connectivity index (χ1n) is 8.44. The number of ether oxygens (including phenoxy) is 3. The Kier molecular flexibility index (Phi) is 16.0. The van der Waals surface area contributed by atoms with Crippen molar-refractivity contribution >= 4 is 0 Å². The minimum Gasteiger partial charge on any atom is -0.382 e. The number of hydrogen-bond donors (Lipinski definition) is 1. The van der Waals surface area contributed by atoms with Crippen LogP contribution in [0.15, 0.2) is 0 Å². The van der Waals surface area contributed by atoms with Gasteiger partial charge in [0.05, 0.1) is 13.2 Å². The van der Waals surface area contributed by atoms with Gasteiger partial charge in [0.2, 0.25) is 0 Å². The Morgan fingerprint density at radius 2 is 1.38 bits per heavy atom. The van der Waals surface area contributed by atoms with E-state index in [1.54, 1.807) is 0 Å². The maximum atomic E-state index is 5.47. The van der Waals surface area contributed by atoms with Gasteiger partial charge >= 0.3 is 0 Å². The lowest BCUT2D eigenvalue weighted by molar-refractivity contribution is 0.0660. The van der Waals surface area contributed by atoms with Gasteiger partial charge in [-0.15, -0.1) is 0 Å². The van der Waals surface area contributed by atoms with E-state index in [4.69, 9.17) is 14.2 Å². The molecule has 5 heteroatoms. The van der Waals surface area contributed by atoms with E-state index >= 15 is 0 Å². The predicted molar refractivity (Wildman–Crippen MR) is 88.0 cm³/mol. The van der Waals surface area contributed by atoms with Crippen LogP contribution in [0.2, 0.25) is 0 Å². The highest BCUT2D eigenvalue weighted by atomic mass is 16.5. The molecular formula is C16H36N2O3. The zero-order valence-corrected chi connectivity index (χ0v) is 14.5. The average molecular weight is 304 g/mol. The number of nitrogens with one attached hydrogen (secondary N) is 1. The van der Waals surface area contributed by atoms with Crippen LogP contribution in [0.5, 0.6) is 0 Å². The third-order valence-electron chi connectivity index (χ3n) is 3.36. The lowest BCUT2D eigenvalue weighted by Gasteiger charge is -2.29. The molecule has 1 N–H and O–H groups in total. The van der Waals surface area contributed by atoms with Gasteiger partial charge in [0.1, 0.15) is 0 Å². The summed E-state index contributed by atoms with van der Waals surface area (Å²) >= 11 is 0. The van der Waals surface area contributed by atoms with Crippen LogP contribution in [0, 0.1) is 0 Å². The Balaban J connectivity index is 3.84. The zero-order valence-electron chi connectivity index (χ0n) is 14.5. The first kappa shape index (κ1) is 20.8. The van der Waals surface area contributed by atoms with Gasteiger partial charge < -0.3 is 19.5 Å². The van der Waals surface area contributed by atoms with Crippen molar-refractivity contribution in [1.29, 1.82) is 0 Å². The van der Waals surface area contributed by atoms with E-state index in [1.165, 1.54) is 0 Å². The van der Waals surface area contributed by atoms with Crippen molar-refractivity contribution in [1.82, 2.24) is 10.2 Å². The summed E-state index contributed by atoms with van der Waals surface area (Å²) in [4.78, 5) is 2.43. The number of nitrogens with zero attached hydrogens (tertiary/aromatic N) is 1. The highest BCUT2D eigenvalue weighted by Gasteiger charge is 2.13. The fraction of sp³-hybridized carbons (Fsp3) is 1.00. The highest BCUT2D eigenvalue weighted by Crippen LogP contribution is 1.99. The first-order chi connectivity index (χ1) is 10.3. The van der Waals surface area contributed by atoms with Crippen LogP contribution in [-0.2, 0) is 14.2 Å². The van der Waals surface area contributed by atoms with E-state index in [-0.39, 0.29) is 0 Å². The second-order valence-corrected chi connectivity index (χ2v) is 5.03. The molecule has 0 spiro atoms. The minimum atomic E-state index is 0.484. The molecule has 0 aliphatic carbocycles. The molecule has 128 valence electrons. The van der Waals surface area contributed by atoms with Gasteiger partial charge in [-0.1, -0.05) is 0 Å². The van der Waals surface area contributed by atoms with Gasteiger partial charge in [0, 0.05) is 52.1 Å². The summed E-state index contributed by atoms with van der Waals surface area (Å²) in [6.45, 7) is 17.1. The van der Waals surface area contributed by atoms with Crippen LogP contribution in [-0.4, -0.2) is 76.8 Å². The van der Waals surface area contributed by atoms with Crippen molar-refractivity contribution in [3.8, 4) is 0 Å². The van der Waals surface area contributed by atoms with Crippen LogP contribution in [0.3, 0.4) is 0 Å². The van der Waals surface area contributed by atoms with Crippen LogP contribution in [0.25, 0.3) is 0 Å². The molecule has 0 aliphatic rings. The lowest BCUT2D eigenvalue weighted by Crippen LogP contribution is -2.44. The second kappa shape index (κ2) is 16.2. The quantitative estimate of drug-likeness (QED) is 0.440. The summed E-state index contributed by atoms with van der Waals surface area (Å²) in [6, 6.07) is 0.484. The standard InChI is InChI=1S/C16H36N2O3/c1-5-19-12-8-9-17-15-16(4)18(10-13-20-6-2)11-14-21-7-3/h16-17H,5-15H2,1-4H3. The van der Waals surface area contributed by atoms with Crippen LogP contribution < -0.4 is 5.32 Å². The lowest BCUT2D eigenvalue weighted by atomic mass is 10.2. The predicted octanol–water partition coefficient (Wildman–Crippen LogP) is 1.77. The Hall–Kier alpha value is -0.200. The molecule has 0 radical (unpaired) electrons. The second-order valence-electron chi connectivity index (χ2n) is 5.03. The van der Waals surface area contributed by atoms with Crippen molar-refractivity contribution in [2.24, 2.45) is 0 Å². The van der Waals surface area contributed by atoms with Crippen LogP contribution in [0.4, 0.5) is 0 Å². The summed E-state index contributed by atoms with van der Waals surface area (Å²) in [5.74, 6) is 0. The van der Waals surface area contributed by atoms with E-state index in [2.05, 4.69) is 17.1 Å². The molecule has 21 heavy (non-hydrogen) atoms. The monoisotopic (exact) mass is 304 g/mol. The molecule has 0 saturated heterocycles. The molecule has 0 aromatic carbocycles. The molecular weight excluding hydrogens is 268 g/mol. The third kappa shape index (κ3) is 13.2. The van der Waals surface area contributed by atoms with Gasteiger partial charge in [-0.05, 0) is 40.7 Å². The van der Waals surface area contributed by atoms with Gasteiger partial charge in [0.15, 0.2) is 0 Å². The van der Waals surface area contributed by atoms with Crippen molar-refractivity contribution in [2.45, 2.75) is 40.2 Å². The maximum Gasteiger partial charge on any atom is 0.0593 e. The minimum absolute atomic E-state index is 0.484. The number of hydrogen-bond acceptors (Lipinski definition) is 5. The van der Waals surface area contributed by atoms with Gasteiger partial charge in [-0.3, -0.25) is 4.90 Å². The molecule has 0 aromatic heterocycles. The molecule has 0 amide bonds. The molecule has 0 aliphatic heterocycles. The summed E-state index contributed by atoms with van der Waals surface area (Å²) in [7, 11) is 0. The first-order valence-corrected chi connectivity index (χ1v) is 8.44. The number of rotatable bonds is 16. The fourth-order valence-electron chi connectivity index (χ4n) is 2.09. The van der Waals surface area contributed by atoms with Gasteiger partial charge in [-0.25, -0.2) is 0 Å². The van der Waals surface area contributed by atoms with Crippen LogP contribution >= 0.6 is 0 Å². The zero-order chi connectivity index (χ0) is 15.8. The Labute approximate surface area is 131 Å². The van der Waals surface area contributed by atoms with E-state index in [1.807, 2.05) is 20.8 Å². The molecule has 0 heterocycles. The van der Waals surface area contributed by atoms with E-state index in [9.17, 15) is 0 Å². The molecule has 0 aromatic rings. The Bertz CT molecular complexity index is 196. The van der Waals surface area contributed by atoms with E-state index in [0.29, 0.717) is 6.04 Å². The Morgan fingerprint density at radius 1 is 0.857 bits per heavy atom. The molecule has 0 bridgehead atoms. The molecule has 0 fully saturated rings. The largest absolute Gasteiger partial charge is 0.382 e. The normalized spacial score (nSPS) is 13.0. The van der Waals surface area contributed by atoms with E-state index < -0.39 is 0 Å². The average Bonchev–Trinajstić information content (AvgIpc) is 2.49. The summed E-state index contributed by atoms with van der Waals surface area (Å²) < 4.78 is 16.3. The molecule has 0 saturated carbocycles. The Morgan fingerprint density at radius 3 is 1.90 bits per heavy atom. The fourth-order valence-corrected chi connectivity index (χ4v) is 2.09. The topological polar surface area (TPSA) is 43.0 Å². The highest BCUT2D eigenvalue weighted by molar-refractivity contribution is 4.69. The smallest absolute Gasteiger partial charge is 0.0593 e. The SMILES string of the molecule is CCOCCCNCC(C)N(CCOCC)CCOCC. The third-order valence-corrected chi connectivity index (χ3v) is 3.36. The van der Waals surface area contributed by atoms with Gasteiger partial charge in [-0.2, -0.15) is 0 Å². The summed E-state index contributed by atoms with van der Waals surface area (Å²) in [5.41, 5.74) is 0. The van der Waals surface area contributed by atoms with Crippen LogP contribution in [0.1, 0.15) is 34.1 Å². The van der Waals surface area contributed by atoms with Crippen molar-refractivity contribution in [3.05, 3.63) is 0 Å². The molecule has 1 unspecified atom stereocenters. The van der Waals surface area contributed by atoms with Crippen molar-refractivity contribution in [2.75, 3.05) is 65.8 Å². The molecule has 0 rings (SSSR count). The molecule has 1 atom stereocenters. The summed E-state index contributed by atoms with van der Waals surface area (Å²) in [5, 5.41) is 3.50. The summed E-state index contributed by atoms with van der Waals surface area (Å²) in [6.07, 6.45) is 1.07.